The fourth-order valence-electron chi connectivity index (χ4n) is 1.75. The lowest BCUT2D eigenvalue weighted by atomic mass is 10.1. The summed E-state index contributed by atoms with van der Waals surface area (Å²) in [5, 5.41) is 11.3. The maximum Gasteiger partial charge on any atom is 0.257 e. The minimum atomic E-state index is -0.220. The average molecular weight is 328 g/mol. The lowest BCUT2D eigenvalue weighted by molar-refractivity contribution is -0.116. The number of benzene rings is 1. The molecule has 0 radical (unpaired) electrons. The molecule has 6 heteroatoms. The molecule has 4 nitrogen and oxygen atoms in total. The number of likely N-dealkylation sites (N-methyl/N-ethyl adjacent to an activating group) is 1. The van der Waals surface area contributed by atoms with E-state index in [0.29, 0.717) is 22.0 Å². The van der Waals surface area contributed by atoms with Crippen LogP contribution in [0.4, 0.5) is 0 Å². The molecule has 1 N–H and O–H groups in total. The van der Waals surface area contributed by atoms with Gasteiger partial charge in [-0.1, -0.05) is 24.0 Å². The Balaban J connectivity index is 2.28. The summed E-state index contributed by atoms with van der Waals surface area (Å²) in [5.41, 5.74) is 1.46. The van der Waals surface area contributed by atoms with E-state index in [1.807, 2.05) is 18.2 Å². The van der Waals surface area contributed by atoms with E-state index in [1.165, 1.54) is 4.70 Å². The average Bonchev–Trinajstić information content (AvgIpc) is 3.02. The van der Waals surface area contributed by atoms with Crippen LogP contribution >= 0.6 is 24.0 Å². The second-order valence-electron chi connectivity index (χ2n) is 4.19. The molecule has 0 aliphatic rings. The normalized spacial score (nSPS) is 10.8. The summed E-state index contributed by atoms with van der Waals surface area (Å²) in [6.45, 7) is 0. The van der Waals surface area contributed by atoms with E-state index in [1.54, 1.807) is 31.3 Å². The summed E-state index contributed by atoms with van der Waals surface area (Å²) >= 11 is 5.93. The third-order valence-electron chi connectivity index (χ3n) is 2.82. The predicted molar refractivity (Wildman–Crippen MR) is 92.1 cm³/mol. The minimum Gasteiger partial charge on any atom is -0.457 e. The topological polar surface area (TPSA) is 66.0 Å². The Labute approximate surface area is 137 Å². The van der Waals surface area contributed by atoms with Crippen molar-refractivity contribution in [2.75, 3.05) is 7.05 Å². The van der Waals surface area contributed by atoms with Gasteiger partial charge in [0.1, 0.15) is 11.5 Å². The molecule has 22 heavy (non-hydrogen) atoms. The highest BCUT2D eigenvalue weighted by molar-refractivity contribution is 8.24. The first-order valence-corrected chi connectivity index (χ1v) is 7.67. The van der Waals surface area contributed by atoms with Gasteiger partial charge in [0.2, 0.25) is 0 Å². The molecule has 1 amide bonds. The first-order valence-electron chi connectivity index (χ1n) is 6.32. The van der Waals surface area contributed by atoms with Gasteiger partial charge >= 0.3 is 0 Å². The number of nitrogens with zero attached hydrogens (tertiary/aromatic N) is 1. The SMILES string of the molecule is CNC(=O)/C(=C\c1ccc(-c2ccc(C#N)cc2)o1)SC=S. The van der Waals surface area contributed by atoms with Gasteiger partial charge in [-0.3, -0.25) is 4.79 Å². The molecule has 110 valence electrons. The van der Waals surface area contributed by atoms with Crippen LogP contribution in [0.15, 0.2) is 45.7 Å². The summed E-state index contributed by atoms with van der Waals surface area (Å²) in [7, 11) is 1.56. The zero-order valence-corrected chi connectivity index (χ0v) is 13.3. The number of nitrogens with one attached hydrogen (secondary N) is 1. The van der Waals surface area contributed by atoms with Crippen molar-refractivity contribution in [2.45, 2.75) is 0 Å². The molecule has 1 heterocycles. The maximum absolute atomic E-state index is 11.7. The highest BCUT2D eigenvalue weighted by Gasteiger charge is 2.09. The molecule has 0 saturated carbocycles. The van der Waals surface area contributed by atoms with Crippen molar-refractivity contribution in [3.63, 3.8) is 0 Å². The molecule has 0 atom stereocenters. The van der Waals surface area contributed by atoms with E-state index in [-0.39, 0.29) is 5.91 Å². The largest absolute Gasteiger partial charge is 0.457 e. The fourth-order valence-corrected chi connectivity index (χ4v) is 2.56. The molecule has 0 fully saturated rings. The quantitative estimate of drug-likeness (QED) is 0.671. The van der Waals surface area contributed by atoms with Gasteiger partial charge in [-0.15, -0.1) is 0 Å². The molecule has 0 bridgehead atoms. The Hall–Kier alpha value is -2.36. The molecule has 1 aromatic heterocycles. The highest BCUT2D eigenvalue weighted by atomic mass is 32.2. The van der Waals surface area contributed by atoms with Crippen molar-refractivity contribution in [3.8, 4) is 17.4 Å². The highest BCUT2D eigenvalue weighted by Crippen LogP contribution is 2.25. The third kappa shape index (κ3) is 3.85. The van der Waals surface area contributed by atoms with Crippen LogP contribution in [0.2, 0.25) is 0 Å². The van der Waals surface area contributed by atoms with Crippen molar-refractivity contribution in [1.29, 1.82) is 5.26 Å². The van der Waals surface area contributed by atoms with Crippen molar-refractivity contribution in [3.05, 3.63) is 52.6 Å². The molecule has 2 aromatic rings. The van der Waals surface area contributed by atoms with Crippen LogP contribution in [0.3, 0.4) is 0 Å². The first-order chi connectivity index (χ1) is 10.7. The van der Waals surface area contributed by atoms with Gasteiger partial charge < -0.3 is 9.73 Å². The molecule has 0 aliphatic carbocycles. The smallest absolute Gasteiger partial charge is 0.257 e. The second kappa shape index (κ2) is 7.59. The molecular formula is C16H12N2O2S2. The van der Waals surface area contributed by atoms with Gasteiger partial charge in [-0.2, -0.15) is 5.26 Å². The van der Waals surface area contributed by atoms with Crippen molar-refractivity contribution in [1.82, 2.24) is 5.32 Å². The van der Waals surface area contributed by atoms with E-state index < -0.39 is 0 Å². The number of amides is 1. The molecular weight excluding hydrogens is 316 g/mol. The Kier molecular flexibility index (Phi) is 5.53. The summed E-state index contributed by atoms with van der Waals surface area (Å²) in [5.74, 6) is 1.00. The van der Waals surface area contributed by atoms with Crippen LogP contribution in [0.25, 0.3) is 17.4 Å². The third-order valence-corrected chi connectivity index (χ3v) is 3.77. The Bertz CT molecular complexity index is 755. The van der Waals surface area contributed by atoms with Crippen LogP contribution < -0.4 is 5.32 Å². The predicted octanol–water partition coefficient (Wildman–Crippen LogP) is 3.60. The van der Waals surface area contributed by atoms with Gasteiger partial charge in [0.25, 0.3) is 5.91 Å². The number of carbonyl (C=O) groups excluding carboxylic acids is 1. The number of nitriles is 1. The van der Waals surface area contributed by atoms with E-state index >= 15 is 0 Å². The number of hydrogen-bond donors (Lipinski definition) is 1. The molecule has 0 unspecified atom stereocenters. The standard InChI is InChI=1S/C16H12N2O2S2/c1-18-16(19)15(22-10-21)8-13-6-7-14(20-13)12-4-2-11(9-17)3-5-12/h2-8,10H,1H3,(H,18,19)/b15-8+. The van der Waals surface area contributed by atoms with Crippen LogP contribution in [0, 0.1) is 11.3 Å². The van der Waals surface area contributed by atoms with Crippen molar-refractivity contribution in [2.24, 2.45) is 0 Å². The Morgan fingerprint density at radius 1 is 1.32 bits per heavy atom. The summed E-state index contributed by atoms with van der Waals surface area (Å²) in [6.07, 6.45) is 1.64. The fraction of sp³-hybridized carbons (Fsp3) is 0.0625. The first kappa shape index (κ1) is 16.0. The molecule has 0 aliphatic heterocycles. The summed E-state index contributed by atoms with van der Waals surface area (Å²) in [4.78, 5) is 12.2. The van der Waals surface area contributed by atoms with Crippen LogP contribution in [-0.4, -0.2) is 17.7 Å². The number of thiocarbonyl (C=S) groups is 1. The van der Waals surface area contributed by atoms with Gasteiger partial charge in [-0.05, 0) is 36.4 Å². The maximum atomic E-state index is 11.7. The number of hydrogen-bond acceptors (Lipinski definition) is 5. The number of thioether (sulfide) groups is 1. The van der Waals surface area contributed by atoms with Crippen LogP contribution in [0.1, 0.15) is 11.3 Å². The lowest BCUT2D eigenvalue weighted by Gasteiger charge is -2.01. The van der Waals surface area contributed by atoms with E-state index in [4.69, 9.17) is 21.9 Å². The van der Waals surface area contributed by atoms with Gasteiger partial charge in [0, 0.05) is 23.4 Å². The van der Waals surface area contributed by atoms with Gasteiger partial charge in [-0.25, -0.2) is 0 Å². The molecule has 0 spiro atoms. The van der Waals surface area contributed by atoms with E-state index in [2.05, 4.69) is 11.4 Å². The summed E-state index contributed by atoms with van der Waals surface area (Å²) in [6, 6.07) is 12.8. The van der Waals surface area contributed by atoms with Crippen LogP contribution in [0.5, 0.6) is 0 Å². The lowest BCUT2D eigenvalue weighted by Crippen LogP contribution is -2.18. The molecule has 2 rings (SSSR count). The summed E-state index contributed by atoms with van der Waals surface area (Å²) < 4.78 is 7.14. The van der Waals surface area contributed by atoms with Crippen molar-refractivity contribution >= 4 is 40.7 Å². The van der Waals surface area contributed by atoms with Gasteiger partial charge in [0.15, 0.2) is 0 Å². The molecule has 1 aromatic carbocycles. The van der Waals surface area contributed by atoms with Crippen molar-refractivity contribution < 1.29 is 9.21 Å². The van der Waals surface area contributed by atoms with E-state index in [9.17, 15) is 4.79 Å². The Morgan fingerprint density at radius 3 is 2.64 bits per heavy atom. The zero-order valence-electron chi connectivity index (χ0n) is 11.7. The zero-order chi connectivity index (χ0) is 15.9. The minimum absolute atomic E-state index is 0.220. The second-order valence-corrected chi connectivity index (χ2v) is 5.64. The number of rotatable bonds is 5. The van der Waals surface area contributed by atoms with E-state index in [0.717, 1.165) is 17.3 Å². The van der Waals surface area contributed by atoms with Gasteiger partial charge in [0.05, 0.1) is 16.5 Å². The van der Waals surface area contributed by atoms with Crippen LogP contribution in [-0.2, 0) is 4.79 Å². The Morgan fingerprint density at radius 2 is 2.05 bits per heavy atom. The monoisotopic (exact) mass is 328 g/mol. The number of furan rings is 1. The molecule has 0 saturated heterocycles. The number of carbonyl (C=O) groups is 1.